The molecule has 0 saturated heterocycles. The molecule has 9 heavy (non-hydrogen) atoms. The number of hydrogen-bond donors (Lipinski definition) is 0. The molecule has 0 fully saturated rings. The highest BCUT2D eigenvalue weighted by Gasteiger charge is 2.04. The van der Waals surface area contributed by atoms with Crippen molar-refractivity contribution in [2.75, 3.05) is 14.1 Å². The normalized spacial score (nSPS) is 15.2. The highest BCUT2D eigenvalue weighted by atomic mass is 28.3. The Morgan fingerprint density at radius 3 is 2.11 bits per heavy atom. The predicted octanol–water partition coefficient (Wildman–Crippen LogP) is 1.41. The van der Waals surface area contributed by atoms with E-state index in [0.717, 1.165) is 0 Å². The van der Waals surface area contributed by atoms with Gasteiger partial charge in [-0.05, 0) is 27.1 Å². The molecule has 2 heteroatoms. The lowest BCUT2D eigenvalue weighted by molar-refractivity contribution is 0.645. The van der Waals surface area contributed by atoms with Gasteiger partial charge in [0.05, 0.1) is 0 Å². The van der Waals surface area contributed by atoms with Gasteiger partial charge in [0.25, 0.3) is 0 Å². The smallest absolute Gasteiger partial charge is 0.135 e. The van der Waals surface area contributed by atoms with Crippen LogP contribution in [0.4, 0.5) is 0 Å². The summed E-state index contributed by atoms with van der Waals surface area (Å²) < 4.78 is 2.36. The van der Waals surface area contributed by atoms with Crippen LogP contribution < -0.4 is 0 Å². The Hall–Kier alpha value is -0.0831. The van der Waals surface area contributed by atoms with Crippen LogP contribution in [-0.2, 0) is 0 Å². The lowest BCUT2D eigenvalue weighted by Gasteiger charge is -2.16. The average molecular weight is 143 g/mol. The molecule has 1 unspecified atom stereocenters. The molecule has 0 aliphatic heterocycles. The third kappa shape index (κ3) is 3.49. The van der Waals surface area contributed by atoms with E-state index in [9.17, 15) is 0 Å². The third-order valence-electron chi connectivity index (χ3n) is 1.50. The third-order valence-corrected chi connectivity index (χ3v) is 4.49. The molecular formula is C7H17NSi. The van der Waals surface area contributed by atoms with Crippen LogP contribution >= 0.6 is 0 Å². The van der Waals surface area contributed by atoms with E-state index in [0.29, 0.717) is 0 Å². The van der Waals surface area contributed by atoms with Crippen LogP contribution in [0.15, 0.2) is 11.8 Å². The Morgan fingerprint density at radius 2 is 2.00 bits per heavy atom. The van der Waals surface area contributed by atoms with Gasteiger partial charge in [0.15, 0.2) is 0 Å². The van der Waals surface area contributed by atoms with Crippen molar-refractivity contribution in [3.63, 3.8) is 0 Å². The molecule has 0 radical (unpaired) electrons. The van der Waals surface area contributed by atoms with E-state index in [1.165, 1.54) is 6.04 Å². The van der Waals surface area contributed by atoms with E-state index in [2.05, 4.69) is 44.3 Å². The van der Waals surface area contributed by atoms with Gasteiger partial charge in [-0.15, -0.1) is 0 Å². The maximum absolute atomic E-state index is 2.36. The molecular weight excluding hydrogens is 126 g/mol. The van der Waals surface area contributed by atoms with E-state index in [4.69, 9.17) is 0 Å². The molecule has 0 spiro atoms. The first kappa shape index (κ1) is 8.92. The molecule has 1 atom stereocenters. The summed E-state index contributed by atoms with van der Waals surface area (Å²) in [6.07, 6.45) is 2.17. The summed E-state index contributed by atoms with van der Waals surface area (Å²) in [5.41, 5.74) is 2.36. The van der Waals surface area contributed by atoms with Crippen molar-refractivity contribution in [1.29, 1.82) is 0 Å². The Bertz CT molecular complexity index is 88.9. The summed E-state index contributed by atoms with van der Waals surface area (Å²) in [6, 6.07) is 1.33. The standard InChI is InChI=1S/C7H17NSi/c1-5-7-9(6-2)8(3)4/h5,7,9H,6H2,1-4H3. The zero-order valence-electron chi connectivity index (χ0n) is 6.89. The molecule has 0 saturated carbocycles. The van der Waals surface area contributed by atoms with Crippen LogP contribution in [0, 0.1) is 0 Å². The zero-order valence-corrected chi connectivity index (χ0v) is 8.04. The first-order valence-corrected chi connectivity index (χ1v) is 5.51. The van der Waals surface area contributed by atoms with Crippen molar-refractivity contribution in [3.05, 3.63) is 11.8 Å². The van der Waals surface area contributed by atoms with Crippen molar-refractivity contribution < 1.29 is 0 Å². The first-order valence-electron chi connectivity index (χ1n) is 3.51. The summed E-state index contributed by atoms with van der Waals surface area (Å²) in [7, 11) is 3.70. The van der Waals surface area contributed by atoms with Gasteiger partial charge in [0.2, 0.25) is 0 Å². The maximum atomic E-state index is 2.36. The van der Waals surface area contributed by atoms with Gasteiger partial charge in [0, 0.05) is 0 Å². The fraction of sp³-hybridized carbons (Fsp3) is 0.714. The van der Waals surface area contributed by atoms with Gasteiger partial charge < -0.3 is 4.57 Å². The van der Waals surface area contributed by atoms with Crippen LogP contribution in [0.25, 0.3) is 0 Å². The molecule has 0 aromatic heterocycles. The zero-order chi connectivity index (χ0) is 7.28. The Kier molecular flexibility index (Phi) is 4.72. The van der Waals surface area contributed by atoms with Gasteiger partial charge >= 0.3 is 0 Å². The van der Waals surface area contributed by atoms with E-state index in [-0.39, 0.29) is 0 Å². The minimum Gasteiger partial charge on any atom is -0.328 e. The highest BCUT2D eigenvalue weighted by Crippen LogP contribution is 1.95. The topological polar surface area (TPSA) is 3.24 Å². The quantitative estimate of drug-likeness (QED) is 0.540. The van der Waals surface area contributed by atoms with Crippen LogP contribution in [0.2, 0.25) is 6.04 Å². The molecule has 0 aromatic carbocycles. The van der Waals surface area contributed by atoms with Crippen LogP contribution in [0.3, 0.4) is 0 Å². The summed E-state index contributed by atoms with van der Waals surface area (Å²) in [4.78, 5) is 0. The Labute approximate surface area is 60.1 Å². The fourth-order valence-electron chi connectivity index (χ4n) is 0.896. The number of nitrogens with zero attached hydrogens (tertiary/aromatic N) is 1. The Balaban J connectivity index is 3.68. The first-order chi connectivity index (χ1) is 4.22. The van der Waals surface area contributed by atoms with Crippen molar-refractivity contribution in [2.45, 2.75) is 19.9 Å². The molecule has 0 heterocycles. The lowest BCUT2D eigenvalue weighted by atomic mass is 10.8. The monoisotopic (exact) mass is 143 g/mol. The van der Waals surface area contributed by atoms with Gasteiger partial charge in [-0.2, -0.15) is 0 Å². The maximum Gasteiger partial charge on any atom is 0.135 e. The second-order valence-electron chi connectivity index (χ2n) is 2.46. The van der Waals surface area contributed by atoms with Crippen molar-refractivity contribution in [3.8, 4) is 0 Å². The van der Waals surface area contributed by atoms with E-state index in [1.54, 1.807) is 0 Å². The molecule has 0 amide bonds. The molecule has 0 rings (SSSR count). The molecule has 0 aromatic rings. The van der Waals surface area contributed by atoms with Crippen LogP contribution in [-0.4, -0.2) is 27.6 Å². The average Bonchev–Trinajstić information content (AvgIpc) is 1.82. The molecule has 1 nitrogen and oxygen atoms in total. The fourth-order valence-corrected chi connectivity index (χ4v) is 2.69. The molecule has 54 valence electrons. The molecule has 0 N–H and O–H groups in total. The van der Waals surface area contributed by atoms with Crippen LogP contribution in [0.5, 0.6) is 0 Å². The number of rotatable bonds is 3. The predicted molar refractivity (Wildman–Crippen MR) is 46.1 cm³/mol. The van der Waals surface area contributed by atoms with Crippen molar-refractivity contribution in [2.24, 2.45) is 0 Å². The van der Waals surface area contributed by atoms with Gasteiger partial charge in [-0.25, -0.2) is 0 Å². The summed E-state index contributed by atoms with van der Waals surface area (Å²) in [5.74, 6) is 0. The second kappa shape index (κ2) is 4.76. The number of allylic oxidation sites excluding steroid dienone is 1. The van der Waals surface area contributed by atoms with Crippen molar-refractivity contribution in [1.82, 2.24) is 4.57 Å². The number of hydrogen-bond acceptors (Lipinski definition) is 1. The van der Waals surface area contributed by atoms with Crippen LogP contribution in [0.1, 0.15) is 13.8 Å². The van der Waals surface area contributed by atoms with E-state index >= 15 is 0 Å². The highest BCUT2D eigenvalue weighted by molar-refractivity contribution is 6.61. The summed E-state index contributed by atoms with van der Waals surface area (Å²) in [6.45, 7) is 4.36. The Morgan fingerprint density at radius 1 is 1.44 bits per heavy atom. The SMILES string of the molecule is CC=C[SiH](CC)N(C)C. The summed E-state index contributed by atoms with van der Waals surface area (Å²) >= 11 is 0. The molecule has 0 aliphatic rings. The van der Waals surface area contributed by atoms with E-state index in [1.807, 2.05) is 0 Å². The second-order valence-corrected chi connectivity index (χ2v) is 5.83. The lowest BCUT2D eigenvalue weighted by Crippen LogP contribution is -2.29. The minimum absolute atomic E-state index is 0.633. The van der Waals surface area contributed by atoms with E-state index < -0.39 is 8.96 Å². The minimum atomic E-state index is -0.633. The van der Waals surface area contributed by atoms with Gasteiger partial charge in [-0.3, -0.25) is 0 Å². The molecule has 0 bridgehead atoms. The van der Waals surface area contributed by atoms with Gasteiger partial charge in [-0.1, -0.05) is 18.7 Å². The molecule has 0 aliphatic carbocycles. The summed E-state index contributed by atoms with van der Waals surface area (Å²) in [5, 5.41) is 0. The van der Waals surface area contributed by atoms with Gasteiger partial charge in [0.1, 0.15) is 8.96 Å². The largest absolute Gasteiger partial charge is 0.328 e. The van der Waals surface area contributed by atoms with Crippen molar-refractivity contribution >= 4 is 8.96 Å².